The van der Waals surface area contributed by atoms with Crippen molar-refractivity contribution < 1.29 is 14.3 Å². The molecule has 4 heteroatoms. The lowest BCUT2D eigenvalue weighted by atomic mass is 10.1. The number of fused-ring (bicyclic) bond motifs is 1. The average Bonchev–Trinajstić information content (AvgIpc) is 2.97. The molecule has 1 aliphatic heterocycles. The van der Waals surface area contributed by atoms with Crippen molar-refractivity contribution in [2.24, 2.45) is 0 Å². The molecule has 0 spiro atoms. The van der Waals surface area contributed by atoms with Gasteiger partial charge in [0, 0.05) is 17.8 Å². The Hall–Kier alpha value is -2.49. The van der Waals surface area contributed by atoms with Gasteiger partial charge in [0.2, 0.25) is 0 Å². The number of ether oxygens (including phenoxy) is 2. The van der Waals surface area contributed by atoms with Crippen molar-refractivity contribution >= 4 is 11.6 Å². The van der Waals surface area contributed by atoms with Gasteiger partial charge < -0.3 is 14.4 Å². The average molecular weight is 283 g/mol. The highest BCUT2D eigenvalue weighted by Crippen LogP contribution is 2.32. The van der Waals surface area contributed by atoms with Crippen LogP contribution in [-0.2, 0) is 6.42 Å². The van der Waals surface area contributed by atoms with Gasteiger partial charge in [-0.2, -0.15) is 0 Å². The van der Waals surface area contributed by atoms with E-state index in [4.69, 9.17) is 9.47 Å². The van der Waals surface area contributed by atoms with Crippen LogP contribution in [0.15, 0.2) is 42.5 Å². The molecule has 1 amide bonds. The smallest absolute Gasteiger partial charge is 0.258 e. The van der Waals surface area contributed by atoms with E-state index >= 15 is 0 Å². The number of anilines is 1. The third-order valence-corrected chi connectivity index (χ3v) is 3.76. The number of carbonyl (C=O) groups is 1. The lowest BCUT2D eigenvalue weighted by Gasteiger charge is -2.18. The molecule has 1 heterocycles. The molecule has 0 aliphatic carbocycles. The third-order valence-electron chi connectivity index (χ3n) is 3.76. The van der Waals surface area contributed by atoms with Crippen LogP contribution in [0.3, 0.4) is 0 Å². The monoisotopic (exact) mass is 283 g/mol. The van der Waals surface area contributed by atoms with E-state index < -0.39 is 0 Å². The van der Waals surface area contributed by atoms with Gasteiger partial charge in [0.05, 0.1) is 14.2 Å². The lowest BCUT2D eigenvalue weighted by Crippen LogP contribution is -2.28. The molecule has 2 aromatic rings. The fraction of sp³-hybridized carbons (Fsp3) is 0.235. The van der Waals surface area contributed by atoms with Gasteiger partial charge >= 0.3 is 0 Å². The highest BCUT2D eigenvalue weighted by molar-refractivity contribution is 6.07. The second-order valence-corrected chi connectivity index (χ2v) is 4.91. The molecule has 0 saturated carbocycles. The number of methoxy groups -OCH3 is 2. The summed E-state index contributed by atoms with van der Waals surface area (Å²) in [6.07, 6.45) is 0.898. The number of amides is 1. The minimum Gasteiger partial charge on any atom is -0.493 e. The van der Waals surface area contributed by atoms with Crippen LogP contribution in [0, 0.1) is 0 Å². The van der Waals surface area contributed by atoms with Crippen LogP contribution in [-0.4, -0.2) is 26.7 Å². The quantitative estimate of drug-likeness (QED) is 0.869. The van der Waals surface area contributed by atoms with Crippen molar-refractivity contribution in [1.82, 2.24) is 0 Å². The number of para-hydroxylation sites is 1. The molecule has 3 rings (SSSR count). The van der Waals surface area contributed by atoms with Crippen LogP contribution >= 0.6 is 0 Å². The Morgan fingerprint density at radius 3 is 2.57 bits per heavy atom. The lowest BCUT2D eigenvalue weighted by molar-refractivity contribution is 0.0989. The first-order valence-electron chi connectivity index (χ1n) is 6.86. The van der Waals surface area contributed by atoms with E-state index in [1.165, 1.54) is 5.56 Å². The first-order valence-corrected chi connectivity index (χ1v) is 6.86. The highest BCUT2D eigenvalue weighted by Gasteiger charge is 2.25. The molecule has 0 radical (unpaired) electrons. The second kappa shape index (κ2) is 5.48. The molecule has 21 heavy (non-hydrogen) atoms. The van der Waals surface area contributed by atoms with Crippen LogP contribution < -0.4 is 14.4 Å². The maximum atomic E-state index is 12.7. The summed E-state index contributed by atoms with van der Waals surface area (Å²) < 4.78 is 10.5. The van der Waals surface area contributed by atoms with Gasteiger partial charge in [-0.05, 0) is 36.2 Å². The van der Waals surface area contributed by atoms with E-state index in [-0.39, 0.29) is 5.91 Å². The van der Waals surface area contributed by atoms with E-state index in [0.717, 1.165) is 12.1 Å². The number of rotatable bonds is 3. The van der Waals surface area contributed by atoms with Crippen LogP contribution in [0.5, 0.6) is 11.5 Å². The number of hydrogen-bond donors (Lipinski definition) is 0. The molecule has 1 aliphatic rings. The largest absolute Gasteiger partial charge is 0.493 e. The molecule has 4 nitrogen and oxygen atoms in total. The minimum atomic E-state index is -0.0131. The van der Waals surface area contributed by atoms with Gasteiger partial charge in [-0.25, -0.2) is 0 Å². The third kappa shape index (κ3) is 2.33. The van der Waals surface area contributed by atoms with Gasteiger partial charge in [-0.15, -0.1) is 0 Å². The molecular formula is C17H17NO3. The van der Waals surface area contributed by atoms with Crippen molar-refractivity contribution in [3.05, 3.63) is 53.6 Å². The topological polar surface area (TPSA) is 38.8 Å². The van der Waals surface area contributed by atoms with Gasteiger partial charge in [0.15, 0.2) is 11.5 Å². The zero-order valence-electron chi connectivity index (χ0n) is 12.1. The zero-order chi connectivity index (χ0) is 14.8. The summed E-state index contributed by atoms with van der Waals surface area (Å²) in [5, 5.41) is 0. The first-order chi connectivity index (χ1) is 10.2. The van der Waals surface area contributed by atoms with Crippen molar-refractivity contribution in [2.45, 2.75) is 6.42 Å². The van der Waals surface area contributed by atoms with Gasteiger partial charge in [-0.1, -0.05) is 18.2 Å². The van der Waals surface area contributed by atoms with Gasteiger partial charge in [0.25, 0.3) is 5.91 Å². The maximum absolute atomic E-state index is 12.7. The normalized spacial score (nSPS) is 13.0. The summed E-state index contributed by atoms with van der Waals surface area (Å²) in [6, 6.07) is 13.3. The minimum absolute atomic E-state index is 0.0131. The van der Waals surface area contributed by atoms with Crippen LogP contribution in [0.4, 0.5) is 5.69 Å². The fourth-order valence-corrected chi connectivity index (χ4v) is 2.67. The fourth-order valence-electron chi connectivity index (χ4n) is 2.67. The summed E-state index contributed by atoms with van der Waals surface area (Å²) in [4.78, 5) is 14.5. The van der Waals surface area contributed by atoms with E-state index in [9.17, 15) is 4.79 Å². The SMILES string of the molecule is COc1ccc(C(=O)N2CCc3ccccc32)cc1OC. The summed E-state index contributed by atoms with van der Waals surface area (Å²) in [7, 11) is 3.15. The van der Waals surface area contributed by atoms with E-state index in [0.29, 0.717) is 23.6 Å². The van der Waals surface area contributed by atoms with Crippen molar-refractivity contribution in [1.29, 1.82) is 0 Å². The Bertz CT molecular complexity index is 681. The van der Waals surface area contributed by atoms with Gasteiger partial charge in [0.1, 0.15) is 0 Å². The van der Waals surface area contributed by atoms with Crippen molar-refractivity contribution in [3.8, 4) is 11.5 Å². The molecule has 108 valence electrons. The number of nitrogens with zero attached hydrogens (tertiary/aromatic N) is 1. The molecule has 0 bridgehead atoms. The Kier molecular flexibility index (Phi) is 3.52. The molecule has 0 aromatic heterocycles. The molecular weight excluding hydrogens is 266 g/mol. The molecule has 0 atom stereocenters. The predicted molar refractivity (Wildman–Crippen MR) is 81.4 cm³/mol. The van der Waals surface area contributed by atoms with E-state index in [1.807, 2.05) is 23.1 Å². The summed E-state index contributed by atoms with van der Waals surface area (Å²) in [6.45, 7) is 0.715. The number of carbonyl (C=O) groups excluding carboxylic acids is 1. The Labute approximate surface area is 123 Å². The summed E-state index contributed by atoms with van der Waals surface area (Å²) in [5.74, 6) is 1.17. The van der Waals surface area contributed by atoms with Crippen LogP contribution in [0.25, 0.3) is 0 Å². The molecule has 0 unspecified atom stereocenters. The van der Waals surface area contributed by atoms with Crippen LogP contribution in [0.1, 0.15) is 15.9 Å². The number of hydrogen-bond acceptors (Lipinski definition) is 3. The second-order valence-electron chi connectivity index (χ2n) is 4.91. The van der Waals surface area contributed by atoms with Crippen LogP contribution in [0.2, 0.25) is 0 Å². The summed E-state index contributed by atoms with van der Waals surface area (Å²) >= 11 is 0. The highest BCUT2D eigenvalue weighted by atomic mass is 16.5. The van der Waals surface area contributed by atoms with E-state index in [2.05, 4.69) is 6.07 Å². The maximum Gasteiger partial charge on any atom is 0.258 e. The molecule has 0 N–H and O–H groups in total. The predicted octanol–water partition coefficient (Wildman–Crippen LogP) is 2.91. The van der Waals surface area contributed by atoms with E-state index in [1.54, 1.807) is 32.4 Å². The van der Waals surface area contributed by atoms with Crippen molar-refractivity contribution in [2.75, 3.05) is 25.7 Å². The summed E-state index contributed by atoms with van der Waals surface area (Å²) in [5.41, 5.74) is 2.81. The van der Waals surface area contributed by atoms with Crippen molar-refractivity contribution in [3.63, 3.8) is 0 Å². The Morgan fingerprint density at radius 2 is 1.81 bits per heavy atom. The number of benzene rings is 2. The Balaban J connectivity index is 1.93. The van der Waals surface area contributed by atoms with Gasteiger partial charge in [-0.3, -0.25) is 4.79 Å². The molecule has 0 saturated heterocycles. The zero-order valence-corrected chi connectivity index (χ0v) is 12.1. The standard InChI is InChI=1S/C17H17NO3/c1-20-15-8-7-13(11-16(15)21-2)17(19)18-10-9-12-5-3-4-6-14(12)18/h3-8,11H,9-10H2,1-2H3. The molecule has 2 aromatic carbocycles. The Morgan fingerprint density at radius 1 is 1.05 bits per heavy atom. The molecule has 0 fully saturated rings. The first kappa shape index (κ1) is 13.5.